The summed E-state index contributed by atoms with van der Waals surface area (Å²) in [6.07, 6.45) is 1.34. The van der Waals surface area contributed by atoms with Crippen LogP contribution in [0.1, 0.15) is 32.2 Å². The van der Waals surface area contributed by atoms with Crippen LogP contribution in [0.25, 0.3) is 0 Å². The summed E-state index contributed by atoms with van der Waals surface area (Å²) in [5.74, 6) is -0.468. The Labute approximate surface area is 117 Å². The standard InChI is InChI=1S/C13H19N3O4/c1-13(2,3)20-12(18)16-6-9-8(14-7-15-9)5-10(16)11(17)19-4/h7,10H,5-6H2,1-4H3,(H,14,15). The van der Waals surface area contributed by atoms with E-state index in [9.17, 15) is 9.59 Å². The average Bonchev–Trinajstić information content (AvgIpc) is 2.81. The third kappa shape index (κ3) is 2.92. The van der Waals surface area contributed by atoms with Gasteiger partial charge in [-0.25, -0.2) is 14.6 Å². The summed E-state index contributed by atoms with van der Waals surface area (Å²) in [4.78, 5) is 32.6. The number of nitrogens with zero attached hydrogens (tertiary/aromatic N) is 2. The summed E-state index contributed by atoms with van der Waals surface area (Å²) in [6.45, 7) is 5.60. The van der Waals surface area contributed by atoms with Crippen LogP contribution in [0.3, 0.4) is 0 Å². The van der Waals surface area contributed by atoms with Gasteiger partial charge in [0.1, 0.15) is 11.6 Å². The third-order valence-corrected chi connectivity index (χ3v) is 3.00. The van der Waals surface area contributed by atoms with E-state index in [-0.39, 0.29) is 6.54 Å². The molecule has 1 aliphatic heterocycles. The molecule has 110 valence electrons. The van der Waals surface area contributed by atoms with E-state index < -0.39 is 23.7 Å². The van der Waals surface area contributed by atoms with E-state index in [0.717, 1.165) is 11.4 Å². The van der Waals surface area contributed by atoms with Gasteiger partial charge in [-0.1, -0.05) is 0 Å². The first-order valence-electron chi connectivity index (χ1n) is 6.40. The number of esters is 1. The van der Waals surface area contributed by atoms with Crippen molar-refractivity contribution in [1.29, 1.82) is 0 Å². The minimum absolute atomic E-state index is 0.254. The van der Waals surface area contributed by atoms with Crippen LogP contribution in [0, 0.1) is 0 Å². The van der Waals surface area contributed by atoms with Crippen molar-refractivity contribution in [2.45, 2.75) is 45.4 Å². The van der Waals surface area contributed by atoms with Crippen LogP contribution in [0.15, 0.2) is 6.33 Å². The van der Waals surface area contributed by atoms with E-state index in [2.05, 4.69) is 9.97 Å². The molecule has 0 radical (unpaired) electrons. The zero-order valence-electron chi connectivity index (χ0n) is 12.1. The van der Waals surface area contributed by atoms with Gasteiger partial charge in [0, 0.05) is 6.42 Å². The predicted molar refractivity (Wildman–Crippen MR) is 69.9 cm³/mol. The number of ether oxygens (including phenoxy) is 2. The van der Waals surface area contributed by atoms with Gasteiger partial charge in [-0.15, -0.1) is 0 Å². The maximum absolute atomic E-state index is 12.2. The van der Waals surface area contributed by atoms with Crippen molar-refractivity contribution >= 4 is 12.1 Å². The Hall–Kier alpha value is -2.05. The van der Waals surface area contributed by atoms with E-state index in [0.29, 0.717) is 6.42 Å². The first-order chi connectivity index (χ1) is 9.31. The summed E-state index contributed by atoms with van der Waals surface area (Å²) in [7, 11) is 1.30. The maximum atomic E-state index is 12.2. The molecule has 0 saturated heterocycles. The van der Waals surface area contributed by atoms with Crippen LogP contribution in [0.4, 0.5) is 4.79 Å². The van der Waals surface area contributed by atoms with Gasteiger partial charge in [-0.05, 0) is 20.8 Å². The number of carbonyl (C=O) groups is 2. The Kier molecular flexibility index (Phi) is 3.69. The molecule has 20 heavy (non-hydrogen) atoms. The lowest BCUT2D eigenvalue weighted by atomic mass is 10.0. The Morgan fingerprint density at radius 1 is 1.45 bits per heavy atom. The van der Waals surface area contributed by atoms with E-state index in [4.69, 9.17) is 9.47 Å². The average molecular weight is 281 g/mol. The Morgan fingerprint density at radius 3 is 2.75 bits per heavy atom. The lowest BCUT2D eigenvalue weighted by molar-refractivity contribution is -0.147. The first-order valence-corrected chi connectivity index (χ1v) is 6.40. The lowest BCUT2D eigenvalue weighted by Crippen LogP contribution is -2.50. The topological polar surface area (TPSA) is 84.5 Å². The summed E-state index contributed by atoms with van der Waals surface area (Å²) >= 11 is 0. The van der Waals surface area contributed by atoms with E-state index in [1.807, 2.05) is 0 Å². The summed E-state index contributed by atoms with van der Waals surface area (Å²) in [6, 6.07) is -0.703. The predicted octanol–water partition coefficient (Wildman–Crippen LogP) is 1.24. The number of hydrogen-bond donors (Lipinski definition) is 1. The van der Waals surface area contributed by atoms with Crippen molar-refractivity contribution in [1.82, 2.24) is 14.9 Å². The molecular formula is C13H19N3O4. The molecule has 1 N–H and O–H groups in total. The van der Waals surface area contributed by atoms with Gasteiger partial charge in [-0.2, -0.15) is 0 Å². The highest BCUT2D eigenvalue weighted by atomic mass is 16.6. The number of H-pyrrole nitrogens is 1. The smallest absolute Gasteiger partial charge is 0.411 e. The highest BCUT2D eigenvalue weighted by molar-refractivity contribution is 5.82. The van der Waals surface area contributed by atoms with Crippen molar-refractivity contribution in [3.8, 4) is 0 Å². The van der Waals surface area contributed by atoms with Gasteiger partial charge in [0.05, 0.1) is 31.4 Å². The largest absolute Gasteiger partial charge is 0.467 e. The van der Waals surface area contributed by atoms with Crippen LogP contribution in [0.2, 0.25) is 0 Å². The molecule has 1 unspecified atom stereocenters. The van der Waals surface area contributed by atoms with Crippen molar-refractivity contribution in [2.75, 3.05) is 7.11 Å². The second kappa shape index (κ2) is 5.15. The maximum Gasteiger partial charge on any atom is 0.411 e. The molecule has 0 aromatic carbocycles. The molecule has 7 heteroatoms. The van der Waals surface area contributed by atoms with Crippen LogP contribution in [0.5, 0.6) is 0 Å². The number of rotatable bonds is 1. The Bertz CT molecular complexity index is 518. The highest BCUT2D eigenvalue weighted by Gasteiger charge is 2.38. The number of amides is 1. The normalized spacial score (nSPS) is 18.4. The molecule has 0 bridgehead atoms. The number of methoxy groups -OCH3 is 1. The highest BCUT2D eigenvalue weighted by Crippen LogP contribution is 2.23. The van der Waals surface area contributed by atoms with Crippen LogP contribution in [-0.4, -0.2) is 45.7 Å². The molecule has 1 atom stereocenters. The van der Waals surface area contributed by atoms with E-state index in [1.54, 1.807) is 27.1 Å². The fourth-order valence-corrected chi connectivity index (χ4v) is 2.09. The number of aromatic amines is 1. The molecule has 7 nitrogen and oxygen atoms in total. The van der Waals surface area contributed by atoms with Crippen LogP contribution >= 0.6 is 0 Å². The van der Waals surface area contributed by atoms with Crippen molar-refractivity contribution in [2.24, 2.45) is 0 Å². The monoisotopic (exact) mass is 281 g/mol. The Balaban J connectivity index is 2.24. The van der Waals surface area contributed by atoms with Gasteiger partial charge in [0.25, 0.3) is 0 Å². The fourth-order valence-electron chi connectivity index (χ4n) is 2.09. The van der Waals surface area contributed by atoms with Crippen molar-refractivity contribution < 1.29 is 19.1 Å². The zero-order chi connectivity index (χ0) is 14.9. The zero-order valence-corrected chi connectivity index (χ0v) is 12.1. The molecule has 2 heterocycles. The molecule has 2 rings (SSSR count). The van der Waals surface area contributed by atoms with E-state index >= 15 is 0 Å². The van der Waals surface area contributed by atoms with Gasteiger partial charge in [-0.3, -0.25) is 4.90 Å². The molecule has 0 aliphatic carbocycles. The molecular weight excluding hydrogens is 262 g/mol. The number of fused-ring (bicyclic) bond motifs is 1. The van der Waals surface area contributed by atoms with Crippen LogP contribution in [-0.2, 0) is 27.2 Å². The van der Waals surface area contributed by atoms with Crippen molar-refractivity contribution in [3.63, 3.8) is 0 Å². The summed E-state index contributed by atoms with van der Waals surface area (Å²) in [5.41, 5.74) is 0.975. The second-order valence-electron chi connectivity index (χ2n) is 5.68. The number of carbonyl (C=O) groups excluding carboxylic acids is 2. The second-order valence-corrected chi connectivity index (χ2v) is 5.68. The number of hydrogen-bond acceptors (Lipinski definition) is 5. The van der Waals surface area contributed by atoms with Gasteiger partial charge in [0.2, 0.25) is 0 Å². The van der Waals surface area contributed by atoms with Gasteiger partial charge in [0.15, 0.2) is 0 Å². The molecule has 0 fully saturated rings. The van der Waals surface area contributed by atoms with Gasteiger partial charge >= 0.3 is 12.1 Å². The number of aromatic nitrogens is 2. The van der Waals surface area contributed by atoms with Crippen LogP contribution < -0.4 is 0 Å². The first kappa shape index (κ1) is 14.4. The minimum atomic E-state index is -0.703. The van der Waals surface area contributed by atoms with Gasteiger partial charge < -0.3 is 14.5 Å². The quantitative estimate of drug-likeness (QED) is 0.783. The third-order valence-electron chi connectivity index (χ3n) is 3.00. The number of nitrogens with one attached hydrogen (secondary N) is 1. The molecule has 1 aliphatic rings. The molecule has 1 aromatic rings. The summed E-state index contributed by atoms with van der Waals surface area (Å²) in [5, 5.41) is 0. The summed E-state index contributed by atoms with van der Waals surface area (Å²) < 4.78 is 10.1. The molecule has 0 spiro atoms. The molecule has 1 amide bonds. The van der Waals surface area contributed by atoms with E-state index in [1.165, 1.54) is 12.0 Å². The molecule has 0 saturated carbocycles. The van der Waals surface area contributed by atoms with Crippen molar-refractivity contribution in [3.05, 3.63) is 17.7 Å². The Morgan fingerprint density at radius 2 is 2.15 bits per heavy atom. The molecule has 1 aromatic heterocycles. The lowest BCUT2D eigenvalue weighted by Gasteiger charge is -2.34. The number of imidazole rings is 1. The fraction of sp³-hybridized carbons (Fsp3) is 0.615. The minimum Gasteiger partial charge on any atom is -0.467 e. The SMILES string of the molecule is COC(=O)C1Cc2nc[nH]c2CN1C(=O)OC(C)(C)C.